The average molecular weight is 426 g/mol. The van der Waals surface area contributed by atoms with E-state index in [-0.39, 0.29) is 18.4 Å². The van der Waals surface area contributed by atoms with Crippen LogP contribution >= 0.6 is 12.2 Å². The van der Waals surface area contributed by atoms with Crippen molar-refractivity contribution in [3.8, 4) is 17.1 Å². The number of anilines is 1. The van der Waals surface area contributed by atoms with Crippen molar-refractivity contribution in [1.29, 1.82) is 0 Å². The molecule has 0 saturated carbocycles. The smallest absolute Gasteiger partial charge is 0.244 e. The molecule has 9 heteroatoms. The summed E-state index contributed by atoms with van der Waals surface area (Å²) in [7, 11) is 3.31. The maximum absolute atomic E-state index is 12.8. The van der Waals surface area contributed by atoms with E-state index in [2.05, 4.69) is 15.5 Å². The van der Waals surface area contributed by atoms with Crippen LogP contribution in [0.4, 0.5) is 5.69 Å². The Morgan fingerprint density at radius 3 is 2.57 bits per heavy atom. The molecule has 0 unspecified atom stereocenters. The third-order valence-electron chi connectivity index (χ3n) is 4.64. The molecule has 0 aliphatic rings. The van der Waals surface area contributed by atoms with E-state index in [9.17, 15) is 9.59 Å². The molecular weight excluding hydrogens is 402 g/mol. The van der Waals surface area contributed by atoms with E-state index in [1.165, 1.54) is 6.92 Å². The Kier molecular flexibility index (Phi) is 6.63. The number of amides is 2. The number of nitrogens with zero attached hydrogens (tertiary/aromatic N) is 3. The van der Waals surface area contributed by atoms with Gasteiger partial charge in [0.2, 0.25) is 11.8 Å². The van der Waals surface area contributed by atoms with E-state index in [0.29, 0.717) is 22.8 Å². The second-order valence-electron chi connectivity index (χ2n) is 6.75. The number of para-hydroxylation sites is 1. The molecule has 8 nitrogen and oxygen atoms in total. The summed E-state index contributed by atoms with van der Waals surface area (Å²) in [5, 5.41) is 9.91. The summed E-state index contributed by atoms with van der Waals surface area (Å²) in [4.78, 5) is 25.9. The summed E-state index contributed by atoms with van der Waals surface area (Å²) in [6.45, 7) is 1.89. The van der Waals surface area contributed by atoms with Crippen molar-refractivity contribution in [2.45, 2.75) is 20.0 Å². The summed E-state index contributed by atoms with van der Waals surface area (Å²) < 4.78 is 7.16. The van der Waals surface area contributed by atoms with Crippen molar-refractivity contribution in [1.82, 2.24) is 19.7 Å². The third-order valence-corrected chi connectivity index (χ3v) is 4.96. The van der Waals surface area contributed by atoms with Crippen molar-refractivity contribution < 1.29 is 14.3 Å². The number of rotatable bonds is 7. The zero-order chi connectivity index (χ0) is 21.7. The standard InChI is InChI=1S/C21H23N5O3S/c1-14(27)25(2)12-16-6-4-5-7-18(16)22-19(28)13-26-20(23-24-21(26)30)15-8-10-17(29-3)11-9-15/h4-11H,12-13H2,1-3H3,(H,22,28)(H,24,30). The first-order chi connectivity index (χ1) is 14.4. The normalized spacial score (nSPS) is 10.5. The van der Waals surface area contributed by atoms with E-state index in [4.69, 9.17) is 17.0 Å². The molecule has 2 N–H and O–H groups in total. The monoisotopic (exact) mass is 425 g/mol. The number of hydrogen-bond acceptors (Lipinski definition) is 5. The Labute approximate surface area is 179 Å². The van der Waals surface area contributed by atoms with Crippen LogP contribution in [0.3, 0.4) is 0 Å². The molecule has 30 heavy (non-hydrogen) atoms. The van der Waals surface area contributed by atoms with Crippen LogP contribution in [0.1, 0.15) is 12.5 Å². The van der Waals surface area contributed by atoms with Crippen LogP contribution in [-0.4, -0.2) is 45.6 Å². The van der Waals surface area contributed by atoms with Gasteiger partial charge in [-0.15, -0.1) is 0 Å². The van der Waals surface area contributed by atoms with Crippen molar-refractivity contribution in [3.05, 3.63) is 58.9 Å². The van der Waals surface area contributed by atoms with Gasteiger partial charge in [-0.25, -0.2) is 0 Å². The molecule has 0 aliphatic carbocycles. The molecule has 156 valence electrons. The highest BCUT2D eigenvalue weighted by Gasteiger charge is 2.14. The Bertz CT molecular complexity index is 1100. The molecule has 1 aromatic heterocycles. The lowest BCUT2D eigenvalue weighted by Crippen LogP contribution is -2.25. The van der Waals surface area contributed by atoms with Crippen molar-refractivity contribution in [2.75, 3.05) is 19.5 Å². The quantitative estimate of drug-likeness (QED) is 0.567. The number of ether oxygens (including phenoxy) is 1. The fourth-order valence-electron chi connectivity index (χ4n) is 2.91. The summed E-state index contributed by atoms with van der Waals surface area (Å²) in [5.41, 5.74) is 2.30. The topological polar surface area (TPSA) is 92.2 Å². The van der Waals surface area contributed by atoms with Crippen LogP contribution in [-0.2, 0) is 22.7 Å². The predicted octanol–water partition coefficient (Wildman–Crippen LogP) is 3.23. The van der Waals surface area contributed by atoms with Crippen LogP contribution < -0.4 is 10.1 Å². The highest BCUT2D eigenvalue weighted by atomic mass is 32.1. The maximum atomic E-state index is 12.8. The number of carbonyl (C=O) groups is 2. The molecule has 0 fully saturated rings. The lowest BCUT2D eigenvalue weighted by molar-refractivity contribution is -0.128. The second-order valence-corrected chi connectivity index (χ2v) is 7.13. The summed E-state index contributed by atoms with van der Waals surface area (Å²) in [6, 6.07) is 14.7. The van der Waals surface area contributed by atoms with Gasteiger partial charge < -0.3 is 15.0 Å². The summed E-state index contributed by atoms with van der Waals surface area (Å²) in [6.07, 6.45) is 0. The van der Waals surface area contributed by atoms with Gasteiger partial charge in [-0.1, -0.05) is 18.2 Å². The van der Waals surface area contributed by atoms with Gasteiger partial charge in [-0.2, -0.15) is 5.10 Å². The van der Waals surface area contributed by atoms with Crippen molar-refractivity contribution in [2.24, 2.45) is 0 Å². The number of H-pyrrole nitrogens is 1. The molecule has 0 atom stereocenters. The van der Waals surface area contributed by atoms with Gasteiger partial charge in [-0.05, 0) is 48.1 Å². The number of hydrogen-bond donors (Lipinski definition) is 2. The van der Waals surface area contributed by atoms with Gasteiger partial charge in [0.15, 0.2) is 10.6 Å². The molecule has 2 amide bonds. The van der Waals surface area contributed by atoms with E-state index in [1.54, 1.807) is 29.7 Å². The SMILES string of the molecule is COc1ccc(-c2n[nH]c(=S)n2CC(=O)Nc2ccccc2CN(C)C(C)=O)cc1. The van der Waals surface area contributed by atoms with E-state index >= 15 is 0 Å². The predicted molar refractivity (Wildman–Crippen MR) is 117 cm³/mol. The molecule has 3 rings (SSSR count). The first-order valence-corrected chi connectivity index (χ1v) is 9.69. The minimum atomic E-state index is -0.250. The minimum absolute atomic E-state index is 0.00637. The van der Waals surface area contributed by atoms with Gasteiger partial charge in [0.1, 0.15) is 12.3 Å². The number of benzene rings is 2. The van der Waals surface area contributed by atoms with Gasteiger partial charge in [-0.3, -0.25) is 19.3 Å². The van der Waals surface area contributed by atoms with E-state index in [1.807, 2.05) is 42.5 Å². The molecule has 0 bridgehead atoms. The molecule has 0 radical (unpaired) electrons. The fourth-order valence-corrected chi connectivity index (χ4v) is 3.10. The van der Waals surface area contributed by atoms with Crippen LogP contribution in [0.25, 0.3) is 11.4 Å². The third kappa shape index (κ3) is 4.93. The number of methoxy groups -OCH3 is 1. The highest BCUT2D eigenvalue weighted by Crippen LogP contribution is 2.21. The van der Waals surface area contributed by atoms with Gasteiger partial charge >= 0.3 is 0 Å². The Morgan fingerprint density at radius 1 is 1.20 bits per heavy atom. The Balaban J connectivity index is 1.79. The number of nitrogens with one attached hydrogen (secondary N) is 2. The largest absolute Gasteiger partial charge is 0.497 e. The van der Waals surface area contributed by atoms with Crippen LogP contribution in [0, 0.1) is 4.77 Å². The zero-order valence-corrected chi connectivity index (χ0v) is 17.8. The zero-order valence-electron chi connectivity index (χ0n) is 17.0. The fraction of sp³-hybridized carbons (Fsp3) is 0.238. The molecule has 1 heterocycles. The number of carbonyl (C=O) groups excluding carboxylic acids is 2. The van der Waals surface area contributed by atoms with Crippen molar-refractivity contribution >= 4 is 29.7 Å². The molecule has 0 aliphatic heterocycles. The average Bonchev–Trinajstić information content (AvgIpc) is 3.09. The molecule has 0 spiro atoms. The first-order valence-electron chi connectivity index (χ1n) is 9.28. The number of aromatic amines is 1. The van der Waals surface area contributed by atoms with Crippen molar-refractivity contribution in [3.63, 3.8) is 0 Å². The maximum Gasteiger partial charge on any atom is 0.244 e. The van der Waals surface area contributed by atoms with Gasteiger partial charge in [0.05, 0.1) is 7.11 Å². The lowest BCUT2D eigenvalue weighted by atomic mass is 10.1. The summed E-state index contributed by atoms with van der Waals surface area (Å²) in [5.74, 6) is 0.983. The first kappa shape index (κ1) is 21.3. The highest BCUT2D eigenvalue weighted by molar-refractivity contribution is 7.71. The van der Waals surface area contributed by atoms with Crippen LogP contribution in [0.5, 0.6) is 5.75 Å². The van der Waals surface area contributed by atoms with Gasteiger partial charge in [0, 0.05) is 31.8 Å². The van der Waals surface area contributed by atoms with E-state index in [0.717, 1.165) is 16.9 Å². The van der Waals surface area contributed by atoms with Gasteiger partial charge in [0.25, 0.3) is 0 Å². The van der Waals surface area contributed by atoms with Crippen LogP contribution in [0.2, 0.25) is 0 Å². The van der Waals surface area contributed by atoms with E-state index < -0.39 is 0 Å². The second kappa shape index (κ2) is 9.36. The Morgan fingerprint density at radius 2 is 1.90 bits per heavy atom. The minimum Gasteiger partial charge on any atom is -0.497 e. The molecular formula is C21H23N5O3S. The molecule has 0 saturated heterocycles. The lowest BCUT2D eigenvalue weighted by Gasteiger charge is -2.18. The molecule has 3 aromatic rings. The summed E-state index contributed by atoms with van der Waals surface area (Å²) >= 11 is 5.31. The Hall–Kier alpha value is -3.46. The molecule has 2 aromatic carbocycles. The number of aromatic nitrogens is 3. The van der Waals surface area contributed by atoms with Crippen LogP contribution in [0.15, 0.2) is 48.5 Å².